The first kappa shape index (κ1) is 19.7. The van der Waals surface area contributed by atoms with Crippen LogP contribution >= 0.6 is 0 Å². The molecular weight excluding hydrogens is 354 g/mol. The Kier molecular flexibility index (Phi) is 5.83. The van der Waals surface area contributed by atoms with E-state index in [-0.39, 0.29) is 13.2 Å². The summed E-state index contributed by atoms with van der Waals surface area (Å²) in [5.74, 6) is -1.75. The van der Waals surface area contributed by atoms with Crippen molar-refractivity contribution < 1.29 is 19.1 Å². The van der Waals surface area contributed by atoms with E-state index < -0.39 is 23.3 Å². The Balaban J connectivity index is 2.27. The average molecular weight is 379 g/mol. The van der Waals surface area contributed by atoms with Gasteiger partial charge in [-0.2, -0.15) is 0 Å². The van der Waals surface area contributed by atoms with E-state index in [0.29, 0.717) is 0 Å². The molecule has 0 aliphatic carbocycles. The molecule has 146 valence electrons. The first-order valence-corrected chi connectivity index (χ1v) is 9.49. The molecule has 3 rings (SSSR count). The third-order valence-corrected chi connectivity index (χ3v) is 5.04. The molecule has 0 amide bonds. The Bertz CT molecular complexity index is 943. The lowest BCUT2D eigenvalue weighted by atomic mass is 9.69. The zero-order valence-corrected chi connectivity index (χ0v) is 16.4. The van der Waals surface area contributed by atoms with Gasteiger partial charge < -0.3 is 14.5 Å². The summed E-state index contributed by atoms with van der Waals surface area (Å²) in [7, 11) is 0. The van der Waals surface area contributed by atoms with Crippen LogP contribution in [0.15, 0.2) is 60.8 Å². The van der Waals surface area contributed by atoms with Gasteiger partial charge >= 0.3 is 11.9 Å². The summed E-state index contributed by atoms with van der Waals surface area (Å²) in [4.78, 5) is 29.4. The van der Waals surface area contributed by atoms with Crippen LogP contribution < -0.4 is 0 Å². The van der Waals surface area contributed by atoms with Crippen molar-refractivity contribution in [1.29, 1.82) is 0 Å². The number of carbonyl (C=O) groups is 2. The fourth-order valence-corrected chi connectivity index (χ4v) is 3.68. The van der Waals surface area contributed by atoms with Crippen molar-refractivity contribution in [3.63, 3.8) is 0 Å². The quantitative estimate of drug-likeness (QED) is 0.487. The summed E-state index contributed by atoms with van der Waals surface area (Å²) < 4.78 is 10.7. The zero-order valence-electron chi connectivity index (χ0n) is 16.4. The van der Waals surface area contributed by atoms with Crippen molar-refractivity contribution in [3.05, 3.63) is 71.9 Å². The molecule has 1 aromatic heterocycles. The van der Waals surface area contributed by atoms with Crippen LogP contribution in [-0.2, 0) is 19.1 Å². The van der Waals surface area contributed by atoms with E-state index in [1.165, 1.54) is 0 Å². The third-order valence-electron chi connectivity index (χ3n) is 5.04. The maximum Gasteiger partial charge on any atom is 0.324 e. The molecule has 1 atom stereocenters. The topological polar surface area (TPSA) is 68.4 Å². The highest BCUT2D eigenvalue weighted by Gasteiger charge is 2.52. The minimum Gasteiger partial charge on any atom is -0.465 e. The minimum absolute atomic E-state index is 0.184. The highest BCUT2D eigenvalue weighted by atomic mass is 16.6. The molecule has 5 nitrogen and oxygen atoms in total. The Morgan fingerprint density at radius 2 is 1.50 bits per heavy atom. The van der Waals surface area contributed by atoms with Crippen LogP contribution in [0.3, 0.4) is 0 Å². The Morgan fingerprint density at radius 1 is 0.929 bits per heavy atom. The molecular formula is C23H25NO4. The van der Waals surface area contributed by atoms with Crippen LogP contribution in [0.5, 0.6) is 0 Å². The second kappa shape index (κ2) is 8.30. The van der Waals surface area contributed by atoms with Crippen molar-refractivity contribution in [1.82, 2.24) is 4.98 Å². The van der Waals surface area contributed by atoms with Gasteiger partial charge in [-0.25, -0.2) is 0 Å². The van der Waals surface area contributed by atoms with E-state index >= 15 is 0 Å². The summed E-state index contributed by atoms with van der Waals surface area (Å²) in [6.07, 6.45) is 1.86. The van der Waals surface area contributed by atoms with E-state index in [9.17, 15) is 9.59 Å². The van der Waals surface area contributed by atoms with E-state index in [4.69, 9.17) is 9.47 Å². The molecule has 0 radical (unpaired) electrons. The van der Waals surface area contributed by atoms with Crippen LogP contribution in [0.4, 0.5) is 0 Å². The maximum absolute atomic E-state index is 13.1. The number of ether oxygens (including phenoxy) is 2. The predicted octanol–water partition coefficient (Wildman–Crippen LogP) is 4.43. The molecule has 0 saturated heterocycles. The fraction of sp³-hybridized carbons (Fsp3) is 0.304. The molecule has 0 spiro atoms. The lowest BCUT2D eigenvalue weighted by Crippen LogP contribution is -2.44. The number of aromatic amines is 1. The average Bonchev–Trinajstić information content (AvgIpc) is 3.13. The van der Waals surface area contributed by atoms with Gasteiger partial charge in [-0.3, -0.25) is 9.59 Å². The SMILES string of the molecule is CCOC(=O)C(C)(C(=O)OCC)C(c1ccccc1)c1c[nH]c2ccccc12. The number of nitrogens with one attached hydrogen (secondary N) is 1. The summed E-state index contributed by atoms with van der Waals surface area (Å²) in [6, 6.07) is 17.4. The number of fused-ring (bicyclic) bond motifs is 1. The van der Waals surface area contributed by atoms with Crippen molar-refractivity contribution in [2.24, 2.45) is 5.41 Å². The largest absolute Gasteiger partial charge is 0.465 e. The van der Waals surface area contributed by atoms with Crippen molar-refractivity contribution in [2.75, 3.05) is 13.2 Å². The van der Waals surface area contributed by atoms with Crippen LogP contribution in [-0.4, -0.2) is 30.1 Å². The van der Waals surface area contributed by atoms with E-state index in [0.717, 1.165) is 22.0 Å². The maximum atomic E-state index is 13.1. The lowest BCUT2D eigenvalue weighted by Gasteiger charge is -2.33. The third kappa shape index (κ3) is 3.40. The molecule has 0 aliphatic rings. The van der Waals surface area contributed by atoms with Crippen LogP contribution in [0.25, 0.3) is 10.9 Å². The summed E-state index contributed by atoms with van der Waals surface area (Å²) >= 11 is 0. The van der Waals surface area contributed by atoms with Gasteiger partial charge in [0.1, 0.15) is 0 Å². The minimum atomic E-state index is -1.53. The number of H-pyrrole nitrogens is 1. The van der Waals surface area contributed by atoms with Crippen molar-refractivity contribution >= 4 is 22.8 Å². The number of aromatic nitrogens is 1. The fourth-order valence-electron chi connectivity index (χ4n) is 3.68. The normalized spacial score (nSPS) is 12.5. The highest BCUT2D eigenvalue weighted by Crippen LogP contribution is 2.45. The second-order valence-electron chi connectivity index (χ2n) is 6.78. The number of benzene rings is 2. The number of rotatable bonds is 7. The predicted molar refractivity (Wildman–Crippen MR) is 108 cm³/mol. The zero-order chi connectivity index (χ0) is 20.1. The molecule has 28 heavy (non-hydrogen) atoms. The van der Waals surface area contributed by atoms with Crippen LogP contribution in [0, 0.1) is 5.41 Å². The number of carbonyl (C=O) groups excluding carboxylic acids is 2. The van der Waals surface area contributed by atoms with Crippen molar-refractivity contribution in [3.8, 4) is 0 Å². The van der Waals surface area contributed by atoms with Gasteiger partial charge in [-0.1, -0.05) is 48.5 Å². The molecule has 5 heteroatoms. The van der Waals surface area contributed by atoms with Gasteiger partial charge in [0.25, 0.3) is 0 Å². The van der Waals surface area contributed by atoms with Gasteiger partial charge in [-0.05, 0) is 38.0 Å². The Hall–Kier alpha value is -3.08. The molecule has 0 saturated carbocycles. The molecule has 0 aliphatic heterocycles. The van der Waals surface area contributed by atoms with Gasteiger partial charge in [0.05, 0.1) is 13.2 Å². The molecule has 0 fully saturated rings. The number of hydrogen-bond donors (Lipinski definition) is 1. The van der Waals surface area contributed by atoms with Gasteiger partial charge in [-0.15, -0.1) is 0 Å². The number of para-hydroxylation sites is 1. The molecule has 2 aromatic carbocycles. The summed E-state index contributed by atoms with van der Waals surface area (Å²) in [6.45, 7) is 5.44. The van der Waals surface area contributed by atoms with Gasteiger partial charge in [0.2, 0.25) is 0 Å². The standard InChI is InChI=1S/C23H25NO4/c1-4-27-21(25)23(3,22(26)28-5-2)20(16-11-7-6-8-12-16)18-15-24-19-14-10-9-13-17(18)19/h6-15,20,24H,4-5H2,1-3H3. The van der Waals surface area contributed by atoms with Crippen molar-refractivity contribution in [2.45, 2.75) is 26.7 Å². The van der Waals surface area contributed by atoms with Gasteiger partial charge in [0, 0.05) is 23.0 Å². The summed E-state index contributed by atoms with van der Waals surface area (Å²) in [5.41, 5.74) is 1.10. The molecule has 1 heterocycles. The lowest BCUT2D eigenvalue weighted by molar-refractivity contribution is -0.171. The number of hydrogen-bond acceptors (Lipinski definition) is 4. The van der Waals surface area contributed by atoms with Crippen LogP contribution in [0.1, 0.15) is 37.8 Å². The first-order valence-electron chi connectivity index (χ1n) is 9.49. The smallest absolute Gasteiger partial charge is 0.324 e. The first-order chi connectivity index (χ1) is 13.5. The second-order valence-corrected chi connectivity index (χ2v) is 6.78. The summed E-state index contributed by atoms with van der Waals surface area (Å²) in [5, 5.41) is 0.955. The Morgan fingerprint density at radius 3 is 2.11 bits per heavy atom. The molecule has 3 aromatic rings. The monoisotopic (exact) mass is 379 g/mol. The van der Waals surface area contributed by atoms with E-state index in [1.54, 1.807) is 20.8 Å². The highest BCUT2D eigenvalue weighted by molar-refractivity contribution is 6.02. The van der Waals surface area contributed by atoms with Gasteiger partial charge in [0.15, 0.2) is 5.41 Å². The van der Waals surface area contributed by atoms with Crippen LogP contribution in [0.2, 0.25) is 0 Å². The Labute approximate surface area is 164 Å². The molecule has 1 N–H and O–H groups in total. The number of esters is 2. The molecule has 0 bridgehead atoms. The molecule has 1 unspecified atom stereocenters. The van der Waals surface area contributed by atoms with E-state index in [1.807, 2.05) is 60.8 Å². The van der Waals surface area contributed by atoms with E-state index in [2.05, 4.69) is 4.98 Å².